The minimum atomic E-state index is -0.965. The van der Waals surface area contributed by atoms with Gasteiger partial charge in [0.15, 0.2) is 6.10 Å². The molecule has 2 aliphatic heterocycles. The minimum Gasteiger partial charge on any atom is -0.446 e. The van der Waals surface area contributed by atoms with Gasteiger partial charge < -0.3 is 25.0 Å². The maximum atomic E-state index is 14.9. The molecule has 2 saturated heterocycles. The number of nitrogens with two attached hydrogens (primary N) is 1. The molecule has 0 radical (unpaired) electrons. The number of primary amides is 1. The van der Waals surface area contributed by atoms with Gasteiger partial charge in [0, 0.05) is 32.2 Å². The average molecular weight is 465 g/mol. The van der Waals surface area contributed by atoms with Crippen LogP contribution in [0.3, 0.4) is 0 Å². The number of anilines is 3. The van der Waals surface area contributed by atoms with Crippen LogP contribution in [0.15, 0.2) is 30.3 Å². The first kappa shape index (κ1) is 21.6. The van der Waals surface area contributed by atoms with Crippen molar-refractivity contribution in [1.82, 2.24) is 0 Å². The summed E-state index contributed by atoms with van der Waals surface area (Å²) in [5.41, 5.74) is 5.66. The van der Waals surface area contributed by atoms with Gasteiger partial charge in [-0.05, 0) is 35.6 Å². The molecule has 0 saturated carbocycles. The average Bonchev–Trinajstić information content (AvgIpc) is 3.39. The van der Waals surface area contributed by atoms with E-state index in [0.29, 0.717) is 37.6 Å². The quantitative estimate of drug-likeness (QED) is 0.509. The fourth-order valence-electron chi connectivity index (χ4n) is 3.67. The van der Waals surface area contributed by atoms with E-state index >= 15 is 0 Å². The summed E-state index contributed by atoms with van der Waals surface area (Å²) in [7, 11) is 0. The van der Waals surface area contributed by atoms with E-state index in [0.717, 1.165) is 16.3 Å². The molecule has 0 bridgehead atoms. The number of carbonyl (C=O) groups is 2. The summed E-state index contributed by atoms with van der Waals surface area (Å²) in [6.07, 6.45) is -2.31. The molecule has 13 heteroatoms. The lowest BCUT2D eigenvalue weighted by molar-refractivity contribution is -0.380. The maximum Gasteiger partial charge on any atom is 0.414 e. The normalized spacial score (nSPS) is 18.6. The Morgan fingerprint density at radius 2 is 1.97 bits per heavy atom. The van der Waals surface area contributed by atoms with Crippen LogP contribution in [0.1, 0.15) is 0 Å². The van der Waals surface area contributed by atoms with E-state index in [-0.39, 0.29) is 18.2 Å². The molecule has 1 aromatic heterocycles. The van der Waals surface area contributed by atoms with Crippen molar-refractivity contribution in [2.24, 2.45) is 5.73 Å². The lowest BCUT2D eigenvalue weighted by Gasteiger charge is -2.36. The number of nitrogens with zero attached hydrogens (tertiary/aromatic N) is 4. The second kappa shape index (κ2) is 8.86. The number of thiophene rings is 1. The van der Waals surface area contributed by atoms with E-state index in [1.165, 1.54) is 17.0 Å². The molecule has 0 aliphatic carbocycles. The molecule has 2 amide bonds. The number of ether oxygens (including phenoxy) is 2. The summed E-state index contributed by atoms with van der Waals surface area (Å²) >= 11 is 1.12. The van der Waals surface area contributed by atoms with Crippen molar-refractivity contribution in [3.05, 3.63) is 46.3 Å². The number of carbonyl (C=O) groups excluding carboxylic acids is 2. The maximum absolute atomic E-state index is 14.9. The summed E-state index contributed by atoms with van der Waals surface area (Å²) in [5.74, 6) is -0.479. The van der Waals surface area contributed by atoms with Crippen LogP contribution < -0.4 is 20.4 Å². The Bertz CT molecular complexity index is 1040. The van der Waals surface area contributed by atoms with Crippen LogP contribution in [-0.4, -0.2) is 62.5 Å². The highest BCUT2D eigenvalue weighted by molar-refractivity contribution is 7.19. The van der Waals surface area contributed by atoms with Crippen molar-refractivity contribution >= 4 is 44.9 Å². The second-order valence-electron chi connectivity index (χ2n) is 7.23. The van der Waals surface area contributed by atoms with Gasteiger partial charge in [0.05, 0.1) is 27.8 Å². The largest absolute Gasteiger partial charge is 0.446 e. The number of cyclic esters (lactones) is 1. The lowest BCUT2D eigenvalue weighted by Crippen LogP contribution is -2.46. The van der Waals surface area contributed by atoms with E-state index in [4.69, 9.17) is 10.5 Å². The van der Waals surface area contributed by atoms with Crippen molar-refractivity contribution in [1.29, 1.82) is 0 Å². The van der Waals surface area contributed by atoms with Crippen molar-refractivity contribution in [2.75, 3.05) is 54.0 Å². The molecule has 11 nitrogen and oxygen atoms in total. The Labute approximate surface area is 185 Å². The second-order valence-corrected chi connectivity index (χ2v) is 8.27. The zero-order valence-electron chi connectivity index (χ0n) is 16.8. The predicted molar refractivity (Wildman–Crippen MR) is 115 cm³/mol. The van der Waals surface area contributed by atoms with E-state index in [2.05, 4.69) is 4.74 Å². The standard InChI is InChI=1S/C19H20FN5O6S/c20-14-9-12(24-10-13(31-19(24)27)11-30-18(21)26)1-2-15(14)22-5-7-23(8-6-22)16-3-4-17(32-16)25(28)29/h1-4,9,13H,5-8,10-11H2,(H2,21,26)/t13-/m0/s1. The number of nitro groups is 1. The fraction of sp³-hybridized carbons (Fsp3) is 0.368. The Balaban J connectivity index is 1.38. The Morgan fingerprint density at radius 3 is 2.59 bits per heavy atom. The molecule has 4 rings (SSSR count). The van der Waals surface area contributed by atoms with Crippen molar-refractivity contribution in [3.63, 3.8) is 0 Å². The van der Waals surface area contributed by atoms with Crippen molar-refractivity contribution < 1.29 is 28.4 Å². The molecule has 1 aromatic carbocycles. The van der Waals surface area contributed by atoms with Crippen LogP contribution in [0.2, 0.25) is 0 Å². The van der Waals surface area contributed by atoms with Gasteiger partial charge in [-0.2, -0.15) is 0 Å². The monoisotopic (exact) mass is 465 g/mol. The van der Waals surface area contributed by atoms with Gasteiger partial charge in [-0.15, -0.1) is 0 Å². The Kier molecular flexibility index (Phi) is 5.99. The van der Waals surface area contributed by atoms with Crippen LogP contribution >= 0.6 is 11.3 Å². The third-order valence-corrected chi connectivity index (χ3v) is 6.32. The molecule has 0 unspecified atom stereocenters. The highest BCUT2D eigenvalue weighted by Crippen LogP contribution is 2.33. The predicted octanol–water partition coefficient (Wildman–Crippen LogP) is 2.54. The number of hydrogen-bond donors (Lipinski definition) is 1. The molecule has 2 aromatic rings. The molecule has 3 heterocycles. The van der Waals surface area contributed by atoms with Gasteiger partial charge in [-0.1, -0.05) is 0 Å². The molecule has 2 fully saturated rings. The van der Waals surface area contributed by atoms with Crippen molar-refractivity contribution in [2.45, 2.75) is 6.10 Å². The van der Waals surface area contributed by atoms with Gasteiger partial charge in [0.2, 0.25) is 0 Å². The van der Waals surface area contributed by atoms with E-state index < -0.39 is 29.0 Å². The highest BCUT2D eigenvalue weighted by Gasteiger charge is 2.34. The summed E-state index contributed by atoms with van der Waals surface area (Å²) in [6.45, 7) is 2.21. The van der Waals surface area contributed by atoms with Gasteiger partial charge >= 0.3 is 17.2 Å². The number of benzene rings is 1. The number of hydrogen-bond acceptors (Lipinski definition) is 9. The van der Waals surface area contributed by atoms with E-state index in [1.54, 1.807) is 18.2 Å². The Morgan fingerprint density at radius 1 is 1.25 bits per heavy atom. The third kappa shape index (κ3) is 4.51. The van der Waals surface area contributed by atoms with Crippen molar-refractivity contribution in [3.8, 4) is 0 Å². The zero-order chi connectivity index (χ0) is 22.8. The van der Waals surface area contributed by atoms with E-state index in [1.807, 2.05) is 9.80 Å². The molecular weight excluding hydrogens is 445 g/mol. The molecule has 1 atom stereocenters. The van der Waals surface area contributed by atoms with Crippen LogP contribution in [0, 0.1) is 15.9 Å². The molecule has 2 aliphatic rings. The SMILES string of the molecule is NC(=O)OC[C@@H]1CN(c2ccc(N3CCN(c4ccc([N+](=O)[O-])s4)CC3)c(F)c2)C(=O)O1. The zero-order valence-corrected chi connectivity index (χ0v) is 17.6. The topological polar surface area (TPSA) is 131 Å². The third-order valence-electron chi connectivity index (χ3n) is 5.22. The van der Waals surface area contributed by atoms with Crippen LogP contribution in [0.25, 0.3) is 0 Å². The van der Waals surface area contributed by atoms with Gasteiger partial charge in [0.1, 0.15) is 12.4 Å². The molecule has 170 valence electrons. The first-order valence-corrected chi connectivity index (χ1v) is 10.6. The molecule has 2 N–H and O–H groups in total. The molecule has 0 spiro atoms. The molecular formula is C19H20FN5O6S. The van der Waals surface area contributed by atoms with Gasteiger partial charge in [0.25, 0.3) is 0 Å². The number of piperazine rings is 1. The summed E-state index contributed by atoms with van der Waals surface area (Å²) in [5, 5.41) is 11.8. The number of amides is 2. The first-order valence-electron chi connectivity index (χ1n) is 9.76. The minimum absolute atomic E-state index is 0.0907. The summed E-state index contributed by atoms with van der Waals surface area (Å²) < 4.78 is 24.6. The smallest absolute Gasteiger partial charge is 0.414 e. The number of halogens is 1. The molecule has 32 heavy (non-hydrogen) atoms. The first-order chi connectivity index (χ1) is 15.3. The Hall–Kier alpha value is -3.61. The van der Waals surface area contributed by atoms with Gasteiger partial charge in [-0.3, -0.25) is 15.0 Å². The fourth-order valence-corrected chi connectivity index (χ4v) is 4.54. The van der Waals surface area contributed by atoms with Crippen LogP contribution in [-0.2, 0) is 9.47 Å². The van der Waals surface area contributed by atoms with Crippen LogP contribution in [0.4, 0.5) is 35.4 Å². The van der Waals surface area contributed by atoms with Gasteiger partial charge in [-0.25, -0.2) is 14.0 Å². The van der Waals surface area contributed by atoms with E-state index in [9.17, 15) is 24.1 Å². The van der Waals surface area contributed by atoms with Crippen LogP contribution in [0.5, 0.6) is 0 Å². The lowest BCUT2D eigenvalue weighted by atomic mass is 10.2. The summed E-state index contributed by atoms with van der Waals surface area (Å²) in [4.78, 5) is 38.5. The number of rotatable bonds is 6. The summed E-state index contributed by atoms with van der Waals surface area (Å²) in [6, 6.07) is 7.72. The highest BCUT2D eigenvalue weighted by atomic mass is 32.1.